The van der Waals surface area contributed by atoms with Gasteiger partial charge in [-0.2, -0.15) is 0 Å². The number of amides is 2. The van der Waals surface area contributed by atoms with Crippen molar-refractivity contribution in [2.75, 3.05) is 10.6 Å². The summed E-state index contributed by atoms with van der Waals surface area (Å²) in [6.45, 7) is 0. The smallest absolute Gasteiger partial charge is 0.308 e. The number of hydrogen-bond donors (Lipinski definition) is 2. The maximum Gasteiger partial charge on any atom is 0.323 e. The second-order valence-electron chi connectivity index (χ2n) is 6.38. The van der Waals surface area contributed by atoms with E-state index in [0.29, 0.717) is 16.8 Å². The maximum atomic E-state index is 12.6. The van der Waals surface area contributed by atoms with Gasteiger partial charge < -0.3 is 10.6 Å². The van der Waals surface area contributed by atoms with Gasteiger partial charge in [0.1, 0.15) is 0 Å². The Kier molecular flexibility index (Phi) is 4.85. The minimum absolute atomic E-state index is 0.0845. The number of carbonyl (C=O) groups excluding carboxylic acids is 2. The van der Waals surface area contributed by atoms with Crippen molar-refractivity contribution in [1.29, 1.82) is 0 Å². The van der Waals surface area contributed by atoms with Crippen molar-refractivity contribution in [3.8, 4) is 0 Å². The van der Waals surface area contributed by atoms with Crippen LogP contribution in [0.25, 0.3) is 10.8 Å². The largest absolute Gasteiger partial charge is 0.323 e. The highest BCUT2D eigenvalue weighted by Crippen LogP contribution is 2.23. The summed E-state index contributed by atoms with van der Waals surface area (Å²) in [4.78, 5) is 25.1. The number of carbonyl (C=O) groups is 2. The molecule has 4 aromatic rings. The molecule has 4 nitrogen and oxygen atoms in total. The monoisotopic (exact) mass is 366 g/mol. The van der Waals surface area contributed by atoms with Crippen molar-refractivity contribution in [3.63, 3.8) is 0 Å². The molecule has 4 rings (SSSR count). The third-order valence-electron chi connectivity index (χ3n) is 4.46. The van der Waals surface area contributed by atoms with Gasteiger partial charge in [0.05, 0.1) is 5.69 Å². The predicted octanol–water partition coefficient (Wildman–Crippen LogP) is 5.71. The van der Waals surface area contributed by atoms with Crippen LogP contribution in [0.5, 0.6) is 0 Å². The van der Waals surface area contributed by atoms with Crippen molar-refractivity contribution < 1.29 is 9.59 Å². The molecule has 2 amide bonds. The molecule has 0 aliphatic heterocycles. The molecule has 2 N–H and O–H groups in total. The summed E-state index contributed by atoms with van der Waals surface area (Å²) in [5.74, 6) is -0.0845. The average molecular weight is 366 g/mol. The van der Waals surface area contributed by atoms with Gasteiger partial charge in [-0.05, 0) is 23.6 Å². The molecular weight excluding hydrogens is 348 g/mol. The number of anilines is 2. The molecule has 0 aliphatic rings. The lowest BCUT2D eigenvalue weighted by Gasteiger charge is -2.11. The molecule has 0 spiro atoms. The summed E-state index contributed by atoms with van der Waals surface area (Å²) in [6, 6.07) is 29.2. The number of nitrogens with one attached hydrogen (secondary N) is 2. The molecule has 0 radical (unpaired) electrons. The fourth-order valence-electron chi connectivity index (χ4n) is 3.11. The lowest BCUT2D eigenvalue weighted by atomic mass is 10.0. The molecule has 0 aliphatic carbocycles. The third kappa shape index (κ3) is 3.76. The van der Waals surface area contributed by atoms with Gasteiger partial charge >= 0.3 is 6.03 Å². The van der Waals surface area contributed by atoms with Crippen molar-refractivity contribution >= 4 is 34.0 Å². The van der Waals surface area contributed by atoms with Gasteiger partial charge in [0.15, 0.2) is 5.78 Å². The van der Waals surface area contributed by atoms with Crippen LogP contribution in [0.3, 0.4) is 0 Å². The van der Waals surface area contributed by atoms with Gasteiger partial charge in [-0.1, -0.05) is 78.9 Å². The van der Waals surface area contributed by atoms with E-state index in [2.05, 4.69) is 10.6 Å². The van der Waals surface area contributed by atoms with Gasteiger partial charge in [0.25, 0.3) is 0 Å². The number of urea groups is 1. The van der Waals surface area contributed by atoms with Crippen molar-refractivity contribution in [2.24, 2.45) is 0 Å². The number of fused-ring (bicyclic) bond motifs is 1. The van der Waals surface area contributed by atoms with Gasteiger partial charge in [-0.3, -0.25) is 4.79 Å². The molecule has 0 unspecified atom stereocenters. The Morgan fingerprint density at radius 2 is 1.29 bits per heavy atom. The van der Waals surface area contributed by atoms with Crippen LogP contribution < -0.4 is 10.6 Å². The standard InChI is InChI=1S/C24H18N2O2/c27-23(18-9-2-1-3-10-18)19-12-6-13-20(16-19)25-24(28)26-22-15-7-11-17-8-4-5-14-21(17)22/h1-16H,(H2,25,26,28). The molecule has 0 bridgehead atoms. The van der Waals surface area contributed by atoms with E-state index in [0.717, 1.165) is 16.5 Å². The van der Waals surface area contributed by atoms with Crippen LogP contribution in [0, 0.1) is 0 Å². The zero-order valence-corrected chi connectivity index (χ0v) is 15.1. The quantitative estimate of drug-likeness (QED) is 0.454. The summed E-state index contributed by atoms with van der Waals surface area (Å²) < 4.78 is 0. The summed E-state index contributed by atoms with van der Waals surface area (Å²) in [5.41, 5.74) is 2.42. The van der Waals surface area contributed by atoms with Gasteiger partial charge in [-0.25, -0.2) is 4.79 Å². The Morgan fingerprint density at radius 3 is 2.14 bits per heavy atom. The van der Waals surface area contributed by atoms with Crippen LogP contribution in [0.4, 0.5) is 16.2 Å². The molecule has 0 saturated heterocycles. The first-order valence-electron chi connectivity index (χ1n) is 8.96. The predicted molar refractivity (Wildman–Crippen MR) is 113 cm³/mol. The van der Waals surface area contributed by atoms with Gasteiger partial charge in [0, 0.05) is 22.2 Å². The molecule has 0 aromatic heterocycles. The van der Waals surface area contributed by atoms with Crippen LogP contribution in [-0.4, -0.2) is 11.8 Å². The topological polar surface area (TPSA) is 58.2 Å². The second kappa shape index (κ2) is 7.76. The van der Waals surface area contributed by atoms with Crippen molar-refractivity contribution in [2.45, 2.75) is 0 Å². The first-order chi connectivity index (χ1) is 13.7. The van der Waals surface area contributed by atoms with Crippen LogP contribution in [0.15, 0.2) is 97.1 Å². The zero-order chi connectivity index (χ0) is 19.3. The van der Waals surface area contributed by atoms with Crippen LogP contribution in [-0.2, 0) is 0 Å². The van der Waals surface area contributed by atoms with Crippen molar-refractivity contribution in [3.05, 3.63) is 108 Å². The molecule has 136 valence electrons. The fourth-order valence-corrected chi connectivity index (χ4v) is 3.11. The van der Waals surface area contributed by atoms with E-state index in [9.17, 15) is 9.59 Å². The highest BCUT2D eigenvalue weighted by atomic mass is 16.2. The highest BCUT2D eigenvalue weighted by molar-refractivity contribution is 6.10. The molecule has 0 heterocycles. The second-order valence-corrected chi connectivity index (χ2v) is 6.38. The fraction of sp³-hybridized carbons (Fsp3) is 0. The number of benzene rings is 4. The lowest BCUT2D eigenvalue weighted by molar-refractivity contribution is 0.103. The molecule has 28 heavy (non-hydrogen) atoms. The zero-order valence-electron chi connectivity index (χ0n) is 15.1. The van der Waals surface area contributed by atoms with E-state index < -0.39 is 0 Å². The minimum Gasteiger partial charge on any atom is -0.308 e. The van der Waals surface area contributed by atoms with Crippen LogP contribution in [0.1, 0.15) is 15.9 Å². The SMILES string of the molecule is O=C(Nc1cccc(C(=O)c2ccccc2)c1)Nc1cccc2ccccc12. The maximum absolute atomic E-state index is 12.6. The summed E-state index contributed by atoms with van der Waals surface area (Å²) in [5, 5.41) is 7.70. The van der Waals surface area contributed by atoms with Crippen LogP contribution in [0.2, 0.25) is 0 Å². The van der Waals surface area contributed by atoms with E-state index in [1.54, 1.807) is 36.4 Å². The number of hydrogen-bond acceptors (Lipinski definition) is 2. The van der Waals surface area contributed by atoms with E-state index in [-0.39, 0.29) is 11.8 Å². The highest BCUT2D eigenvalue weighted by Gasteiger charge is 2.10. The summed E-state index contributed by atoms with van der Waals surface area (Å²) in [7, 11) is 0. The molecule has 4 aromatic carbocycles. The molecule has 0 atom stereocenters. The first-order valence-corrected chi connectivity index (χ1v) is 8.96. The Morgan fingerprint density at radius 1 is 0.607 bits per heavy atom. The molecular formula is C24H18N2O2. The summed E-state index contributed by atoms with van der Waals surface area (Å²) >= 11 is 0. The van der Waals surface area contributed by atoms with Gasteiger partial charge in [-0.15, -0.1) is 0 Å². The van der Waals surface area contributed by atoms with E-state index in [1.807, 2.05) is 60.7 Å². The Bertz CT molecular complexity index is 1150. The first kappa shape index (κ1) is 17.5. The molecule has 4 heteroatoms. The minimum atomic E-state index is -0.360. The van der Waals surface area contributed by atoms with Crippen molar-refractivity contribution in [1.82, 2.24) is 0 Å². The van der Waals surface area contributed by atoms with Crippen LogP contribution >= 0.6 is 0 Å². The van der Waals surface area contributed by atoms with E-state index >= 15 is 0 Å². The van der Waals surface area contributed by atoms with E-state index in [4.69, 9.17) is 0 Å². The Balaban J connectivity index is 1.51. The molecule has 0 fully saturated rings. The summed E-state index contributed by atoms with van der Waals surface area (Å²) in [6.07, 6.45) is 0. The Hall–Kier alpha value is -3.92. The normalized spacial score (nSPS) is 10.4. The number of ketones is 1. The van der Waals surface area contributed by atoms with Gasteiger partial charge in [0.2, 0.25) is 0 Å². The lowest BCUT2D eigenvalue weighted by Crippen LogP contribution is -2.19. The third-order valence-corrected chi connectivity index (χ3v) is 4.46. The molecule has 0 saturated carbocycles. The average Bonchev–Trinajstić information content (AvgIpc) is 2.74. The number of rotatable bonds is 4. The Labute approximate surface area is 162 Å². The van der Waals surface area contributed by atoms with E-state index in [1.165, 1.54) is 0 Å².